The number of nitrogens with one attached hydrogen (secondary N) is 1. The van der Waals surface area contributed by atoms with Crippen LogP contribution in [0, 0.1) is 18.3 Å². The Morgan fingerprint density at radius 1 is 1.07 bits per heavy atom. The molecule has 0 bridgehead atoms. The van der Waals surface area contributed by atoms with Gasteiger partial charge in [0.25, 0.3) is 0 Å². The van der Waals surface area contributed by atoms with Gasteiger partial charge in [0, 0.05) is 24.2 Å². The minimum atomic E-state index is 0.383. The maximum Gasteiger partial charge on any atom is 0.143 e. The monoisotopic (exact) mass is 400 g/mol. The van der Waals surface area contributed by atoms with Crippen molar-refractivity contribution in [1.29, 1.82) is 5.26 Å². The number of nitriles is 1. The molecule has 0 saturated carbocycles. The van der Waals surface area contributed by atoms with Gasteiger partial charge < -0.3 is 0 Å². The van der Waals surface area contributed by atoms with Crippen LogP contribution in [-0.4, -0.2) is 20.2 Å². The molecule has 0 amide bonds. The van der Waals surface area contributed by atoms with E-state index in [0.717, 1.165) is 33.8 Å². The van der Waals surface area contributed by atoms with Gasteiger partial charge in [0.1, 0.15) is 5.82 Å². The number of nitrogens with zero attached hydrogens (tertiary/aromatic N) is 5. The van der Waals surface area contributed by atoms with Gasteiger partial charge in [-0.2, -0.15) is 10.4 Å². The van der Waals surface area contributed by atoms with Crippen molar-refractivity contribution in [3.63, 3.8) is 0 Å². The van der Waals surface area contributed by atoms with Crippen LogP contribution in [0.25, 0.3) is 22.5 Å². The molecule has 29 heavy (non-hydrogen) atoms. The van der Waals surface area contributed by atoms with Gasteiger partial charge in [0.15, 0.2) is 0 Å². The predicted molar refractivity (Wildman–Crippen MR) is 113 cm³/mol. The van der Waals surface area contributed by atoms with E-state index in [2.05, 4.69) is 26.2 Å². The van der Waals surface area contributed by atoms with Gasteiger partial charge in [-0.3, -0.25) is 14.5 Å². The zero-order valence-corrected chi connectivity index (χ0v) is 16.4. The number of aromatic amines is 1. The lowest BCUT2D eigenvalue weighted by Gasteiger charge is -2.15. The molecule has 0 aliphatic heterocycles. The van der Waals surface area contributed by atoms with E-state index in [4.69, 9.17) is 17.0 Å². The first-order valence-electron chi connectivity index (χ1n) is 9.00. The molecule has 1 aromatic carbocycles. The molecule has 3 heterocycles. The van der Waals surface area contributed by atoms with Crippen molar-refractivity contribution in [2.75, 3.05) is 4.42 Å². The van der Waals surface area contributed by atoms with E-state index in [1.54, 1.807) is 12.4 Å². The summed E-state index contributed by atoms with van der Waals surface area (Å²) < 4.78 is 1.53. The Morgan fingerprint density at radius 3 is 2.72 bits per heavy atom. The lowest BCUT2D eigenvalue weighted by molar-refractivity contribution is 0.928. The minimum absolute atomic E-state index is 0.383. The molecular formula is C22H17ClN6. The lowest BCUT2D eigenvalue weighted by Crippen LogP contribution is -2.11. The van der Waals surface area contributed by atoms with Crippen molar-refractivity contribution in [3.8, 4) is 28.6 Å². The molecule has 3 aromatic heterocycles. The van der Waals surface area contributed by atoms with Crippen LogP contribution in [0.1, 0.15) is 16.8 Å². The Labute approximate surface area is 173 Å². The van der Waals surface area contributed by atoms with Crippen LogP contribution in [0.5, 0.6) is 0 Å². The Morgan fingerprint density at radius 2 is 1.97 bits per heavy atom. The average Bonchev–Trinajstić information content (AvgIpc) is 3.23. The number of pyridine rings is 2. The third-order valence-electron chi connectivity index (χ3n) is 4.53. The van der Waals surface area contributed by atoms with E-state index >= 15 is 0 Å². The number of H-pyrrole nitrogens is 1. The smallest absolute Gasteiger partial charge is 0.143 e. The average molecular weight is 401 g/mol. The first-order valence-corrected chi connectivity index (χ1v) is 9.34. The van der Waals surface area contributed by atoms with Gasteiger partial charge in [-0.1, -0.05) is 12.1 Å². The number of aromatic nitrogens is 4. The van der Waals surface area contributed by atoms with Crippen LogP contribution in [-0.2, 0) is 6.54 Å². The number of rotatable bonds is 5. The Balaban J connectivity index is 1.54. The van der Waals surface area contributed by atoms with Gasteiger partial charge in [-0.15, -0.1) is 0 Å². The van der Waals surface area contributed by atoms with E-state index in [0.29, 0.717) is 17.9 Å². The topological polar surface area (TPSA) is 81.5 Å². The van der Waals surface area contributed by atoms with Crippen LogP contribution in [0.4, 0.5) is 5.82 Å². The van der Waals surface area contributed by atoms with Crippen molar-refractivity contribution in [2.45, 2.75) is 13.5 Å². The van der Waals surface area contributed by atoms with Gasteiger partial charge in [-0.05, 0) is 66.1 Å². The first-order chi connectivity index (χ1) is 14.1. The molecule has 4 aromatic rings. The molecule has 0 unspecified atom stereocenters. The zero-order chi connectivity index (χ0) is 20.2. The number of anilines is 1. The van der Waals surface area contributed by atoms with E-state index in [1.807, 2.05) is 61.5 Å². The molecule has 7 heteroatoms. The molecule has 1 N–H and O–H groups in total. The first kappa shape index (κ1) is 18.7. The highest BCUT2D eigenvalue weighted by atomic mass is 35.5. The number of hydrogen-bond acceptors (Lipinski definition) is 5. The summed E-state index contributed by atoms with van der Waals surface area (Å²) in [6, 6.07) is 19.3. The van der Waals surface area contributed by atoms with Crippen LogP contribution in [0.15, 0.2) is 67.0 Å². The quantitative estimate of drug-likeness (QED) is 0.483. The third-order valence-corrected chi connectivity index (χ3v) is 4.83. The Kier molecular flexibility index (Phi) is 5.23. The largest absolute Gasteiger partial charge is 0.276 e. The molecule has 0 aliphatic rings. The van der Waals surface area contributed by atoms with Crippen LogP contribution < -0.4 is 4.42 Å². The maximum absolute atomic E-state index is 9.06. The third kappa shape index (κ3) is 4.10. The van der Waals surface area contributed by atoms with Crippen molar-refractivity contribution >= 4 is 17.6 Å². The molecule has 6 nitrogen and oxygen atoms in total. The van der Waals surface area contributed by atoms with Gasteiger partial charge >= 0.3 is 0 Å². The van der Waals surface area contributed by atoms with Gasteiger partial charge in [0.05, 0.1) is 35.3 Å². The summed E-state index contributed by atoms with van der Waals surface area (Å²) in [5, 5.41) is 16.4. The summed E-state index contributed by atoms with van der Waals surface area (Å²) in [6.45, 7) is 2.37. The highest BCUT2D eigenvalue weighted by molar-refractivity contribution is 6.25. The van der Waals surface area contributed by atoms with Gasteiger partial charge in [0.2, 0.25) is 0 Å². The molecule has 0 radical (unpaired) electrons. The van der Waals surface area contributed by atoms with E-state index in [9.17, 15) is 0 Å². The highest BCUT2D eigenvalue weighted by Crippen LogP contribution is 2.28. The van der Waals surface area contributed by atoms with Crippen LogP contribution in [0.3, 0.4) is 0 Å². The minimum Gasteiger partial charge on any atom is -0.276 e. The molecule has 0 aliphatic carbocycles. The summed E-state index contributed by atoms with van der Waals surface area (Å²) in [5.41, 5.74) is 6.12. The summed E-state index contributed by atoms with van der Waals surface area (Å²) in [6.07, 6.45) is 3.46. The maximum atomic E-state index is 9.06. The zero-order valence-electron chi connectivity index (χ0n) is 15.7. The molecule has 4 rings (SSSR count). The van der Waals surface area contributed by atoms with E-state index < -0.39 is 0 Å². The van der Waals surface area contributed by atoms with Crippen molar-refractivity contribution in [1.82, 2.24) is 20.2 Å². The fraction of sp³-hybridized carbons (Fsp3) is 0.0909. The molecule has 0 atom stereocenters. The highest BCUT2D eigenvalue weighted by Gasteiger charge is 2.12. The summed E-state index contributed by atoms with van der Waals surface area (Å²) in [7, 11) is 0. The fourth-order valence-electron chi connectivity index (χ4n) is 3.10. The Bertz CT molecular complexity index is 1180. The summed E-state index contributed by atoms with van der Waals surface area (Å²) in [5.74, 6) is 0.621. The second-order valence-corrected chi connectivity index (χ2v) is 6.96. The van der Waals surface area contributed by atoms with Crippen molar-refractivity contribution < 1.29 is 0 Å². The molecule has 142 valence electrons. The summed E-state index contributed by atoms with van der Waals surface area (Å²) in [4.78, 5) is 8.70. The number of benzene rings is 1. The van der Waals surface area contributed by atoms with Crippen LogP contribution in [0.2, 0.25) is 0 Å². The lowest BCUT2D eigenvalue weighted by atomic mass is 9.99. The second-order valence-electron chi connectivity index (χ2n) is 6.55. The number of halogens is 1. The Hall–Kier alpha value is -3.69. The predicted octanol–water partition coefficient (Wildman–Crippen LogP) is 4.87. The molecular weight excluding hydrogens is 384 g/mol. The number of aryl methyl sites for hydroxylation is 1. The second kappa shape index (κ2) is 8.13. The summed E-state index contributed by atoms with van der Waals surface area (Å²) >= 11 is 6.50. The molecule has 0 saturated heterocycles. The number of hydrogen-bond donors (Lipinski definition) is 1. The van der Waals surface area contributed by atoms with Gasteiger partial charge in [-0.25, -0.2) is 4.98 Å². The SMILES string of the molecule is Cc1cc(C#N)ccc1-c1ccnc(N(Cl)Cc2cc(-c3ccccn3)[nH]n2)c1. The van der Waals surface area contributed by atoms with Crippen molar-refractivity contribution in [2.24, 2.45) is 0 Å². The molecule has 0 fully saturated rings. The molecule has 0 spiro atoms. The van der Waals surface area contributed by atoms with Crippen molar-refractivity contribution in [3.05, 3.63) is 83.8 Å². The van der Waals surface area contributed by atoms with E-state index in [-0.39, 0.29) is 0 Å². The standard InChI is InChI=1S/C22H17ClN6/c1-15-10-16(13-24)5-6-19(15)17-7-9-26-22(11-17)29(23)14-18-12-21(28-27-18)20-4-2-3-8-25-20/h2-12H,14H2,1H3,(H,27,28). The fourth-order valence-corrected chi connectivity index (χ4v) is 3.31. The normalized spacial score (nSPS) is 10.5. The van der Waals surface area contributed by atoms with Crippen LogP contribution >= 0.6 is 11.8 Å². The van der Waals surface area contributed by atoms with E-state index in [1.165, 1.54) is 4.42 Å².